The summed E-state index contributed by atoms with van der Waals surface area (Å²) >= 11 is 0. The third-order valence-corrected chi connectivity index (χ3v) is 2.06. The van der Waals surface area contributed by atoms with E-state index in [-0.39, 0.29) is 0 Å². The molecule has 0 bridgehead atoms. The summed E-state index contributed by atoms with van der Waals surface area (Å²) in [6.07, 6.45) is 5.65. The Morgan fingerprint density at radius 2 is 2.55 bits per heavy atom. The average Bonchev–Trinajstić information content (AvgIpc) is 2.09. The smallest absolute Gasteiger partial charge is 0.109 e. The minimum atomic E-state index is 0.426. The molecule has 2 nitrogen and oxygen atoms in total. The molecule has 1 aliphatic rings. The minimum Gasteiger partial charge on any atom is -0.497 e. The third-order valence-electron chi connectivity index (χ3n) is 2.06. The van der Waals surface area contributed by atoms with E-state index in [9.17, 15) is 0 Å². The first-order valence-corrected chi connectivity index (χ1v) is 4.38. The van der Waals surface area contributed by atoms with Crippen molar-refractivity contribution >= 4 is 0 Å². The lowest BCUT2D eigenvalue weighted by Crippen LogP contribution is -2.28. The highest BCUT2D eigenvalue weighted by atomic mass is 16.5. The number of nitrogens with one attached hydrogen (secondary N) is 1. The van der Waals surface area contributed by atoms with Crippen molar-refractivity contribution in [3.8, 4) is 0 Å². The maximum atomic E-state index is 5.52. The maximum Gasteiger partial charge on any atom is 0.109 e. The lowest BCUT2D eigenvalue weighted by atomic mass is 10.1. The number of hydrogen-bond acceptors (Lipinski definition) is 2. The van der Waals surface area contributed by atoms with Crippen molar-refractivity contribution in [2.75, 3.05) is 13.7 Å². The number of rotatable bonds is 3. The van der Waals surface area contributed by atoms with Crippen molar-refractivity contribution in [1.82, 2.24) is 5.32 Å². The Morgan fingerprint density at radius 1 is 1.73 bits per heavy atom. The fraction of sp³-hybridized carbons (Fsp3) is 0.778. The second kappa shape index (κ2) is 4.39. The van der Waals surface area contributed by atoms with Crippen LogP contribution in [-0.4, -0.2) is 19.7 Å². The van der Waals surface area contributed by atoms with Crippen LogP contribution in [0.15, 0.2) is 11.8 Å². The molecule has 0 saturated carbocycles. The van der Waals surface area contributed by atoms with Crippen molar-refractivity contribution in [1.29, 1.82) is 0 Å². The number of allylic oxidation sites excluding steroid dienone is 1. The summed E-state index contributed by atoms with van der Waals surface area (Å²) in [5.74, 6) is 1.14. The molecule has 1 aliphatic heterocycles. The Morgan fingerprint density at radius 3 is 3.00 bits per heavy atom. The van der Waals surface area contributed by atoms with Crippen LogP contribution in [0.4, 0.5) is 0 Å². The van der Waals surface area contributed by atoms with Gasteiger partial charge in [0.05, 0.1) is 12.6 Å². The van der Waals surface area contributed by atoms with Crippen LogP contribution in [0.3, 0.4) is 0 Å². The Labute approximate surface area is 68.6 Å². The van der Waals surface area contributed by atoms with E-state index in [0.29, 0.717) is 6.04 Å². The van der Waals surface area contributed by atoms with Crippen molar-refractivity contribution in [2.24, 2.45) is 0 Å². The van der Waals surface area contributed by atoms with Crippen LogP contribution in [0.5, 0.6) is 0 Å². The lowest BCUT2D eigenvalue weighted by Gasteiger charge is -2.22. The highest BCUT2D eigenvalue weighted by Gasteiger charge is 2.12. The first kappa shape index (κ1) is 8.60. The Hall–Kier alpha value is -0.500. The number of hydrogen-bond donors (Lipinski definition) is 1. The highest BCUT2D eigenvalue weighted by molar-refractivity contribution is 5.04. The second-order valence-electron chi connectivity index (χ2n) is 2.85. The minimum absolute atomic E-state index is 0.426. The van der Waals surface area contributed by atoms with Crippen LogP contribution >= 0.6 is 0 Å². The van der Waals surface area contributed by atoms with Gasteiger partial charge in [-0.3, -0.25) is 0 Å². The molecule has 0 aromatic rings. The molecular weight excluding hydrogens is 138 g/mol. The lowest BCUT2D eigenvalue weighted by molar-refractivity contribution is 0.168. The van der Waals surface area contributed by atoms with Gasteiger partial charge in [-0.15, -0.1) is 0 Å². The van der Waals surface area contributed by atoms with Gasteiger partial charge in [0.25, 0.3) is 0 Å². The molecule has 0 saturated heterocycles. The van der Waals surface area contributed by atoms with E-state index in [1.54, 1.807) is 0 Å². The number of likely N-dealkylation sites (N-methyl/N-ethyl adjacent to an activating group) is 1. The highest BCUT2D eigenvalue weighted by Crippen LogP contribution is 2.14. The first-order valence-electron chi connectivity index (χ1n) is 4.38. The molecule has 0 aliphatic carbocycles. The van der Waals surface area contributed by atoms with E-state index >= 15 is 0 Å². The summed E-state index contributed by atoms with van der Waals surface area (Å²) in [6, 6.07) is 0.426. The molecule has 2 heteroatoms. The van der Waals surface area contributed by atoms with Gasteiger partial charge < -0.3 is 10.1 Å². The van der Waals surface area contributed by atoms with Crippen molar-refractivity contribution in [3.63, 3.8) is 0 Å². The molecule has 11 heavy (non-hydrogen) atoms. The van der Waals surface area contributed by atoms with E-state index in [4.69, 9.17) is 4.74 Å². The van der Waals surface area contributed by atoms with Gasteiger partial charge in [0.1, 0.15) is 5.76 Å². The fourth-order valence-electron chi connectivity index (χ4n) is 1.37. The molecule has 1 heterocycles. The van der Waals surface area contributed by atoms with E-state index in [2.05, 4.69) is 18.3 Å². The van der Waals surface area contributed by atoms with Crippen molar-refractivity contribution in [2.45, 2.75) is 32.2 Å². The summed E-state index contributed by atoms with van der Waals surface area (Å²) in [6.45, 7) is 3.06. The van der Waals surface area contributed by atoms with Crippen LogP contribution < -0.4 is 5.32 Å². The van der Waals surface area contributed by atoms with Crippen LogP contribution in [-0.2, 0) is 4.74 Å². The monoisotopic (exact) mass is 155 g/mol. The Balaban J connectivity index is 2.48. The number of ether oxygens (including phenoxy) is 1. The Bertz CT molecular complexity index is 138. The van der Waals surface area contributed by atoms with Gasteiger partial charge in [0.2, 0.25) is 0 Å². The molecule has 64 valence electrons. The normalized spacial score (nSPS) is 20.4. The largest absolute Gasteiger partial charge is 0.497 e. The SMILES string of the molecule is CCC(NC)C1=CCCCO1. The predicted octanol–water partition coefficient (Wildman–Crippen LogP) is 1.68. The third kappa shape index (κ3) is 2.22. The first-order chi connectivity index (χ1) is 5.38. The molecule has 0 amide bonds. The maximum absolute atomic E-state index is 5.52. The second-order valence-corrected chi connectivity index (χ2v) is 2.85. The summed E-state index contributed by atoms with van der Waals surface area (Å²) in [4.78, 5) is 0. The molecule has 1 rings (SSSR count). The molecule has 0 spiro atoms. The molecule has 0 fully saturated rings. The standard InChI is InChI=1S/C9H17NO/c1-3-8(10-2)9-6-4-5-7-11-9/h6,8,10H,3-5,7H2,1-2H3. The molecule has 1 atom stereocenters. The molecular formula is C9H17NO. The van der Waals surface area contributed by atoms with E-state index in [0.717, 1.165) is 18.8 Å². The van der Waals surface area contributed by atoms with Crippen LogP contribution in [0.25, 0.3) is 0 Å². The van der Waals surface area contributed by atoms with Gasteiger partial charge in [0.15, 0.2) is 0 Å². The topological polar surface area (TPSA) is 21.3 Å². The summed E-state index contributed by atoms with van der Waals surface area (Å²) in [7, 11) is 1.98. The van der Waals surface area contributed by atoms with E-state index in [1.807, 2.05) is 7.05 Å². The summed E-state index contributed by atoms with van der Waals surface area (Å²) < 4.78 is 5.52. The quantitative estimate of drug-likeness (QED) is 0.669. The molecule has 0 aromatic heterocycles. The van der Waals surface area contributed by atoms with Gasteiger partial charge >= 0.3 is 0 Å². The van der Waals surface area contributed by atoms with E-state index in [1.165, 1.54) is 12.8 Å². The Kier molecular flexibility index (Phi) is 3.43. The fourth-order valence-corrected chi connectivity index (χ4v) is 1.37. The zero-order valence-electron chi connectivity index (χ0n) is 7.39. The zero-order chi connectivity index (χ0) is 8.10. The predicted molar refractivity (Wildman–Crippen MR) is 46.4 cm³/mol. The molecule has 0 radical (unpaired) electrons. The van der Waals surface area contributed by atoms with Crippen LogP contribution in [0.1, 0.15) is 26.2 Å². The zero-order valence-corrected chi connectivity index (χ0v) is 7.39. The van der Waals surface area contributed by atoms with Crippen molar-refractivity contribution in [3.05, 3.63) is 11.8 Å². The average molecular weight is 155 g/mol. The molecule has 0 aromatic carbocycles. The van der Waals surface area contributed by atoms with Gasteiger partial charge in [-0.1, -0.05) is 6.92 Å². The van der Waals surface area contributed by atoms with Crippen molar-refractivity contribution < 1.29 is 4.74 Å². The van der Waals surface area contributed by atoms with Gasteiger partial charge in [0, 0.05) is 0 Å². The van der Waals surface area contributed by atoms with Crippen LogP contribution in [0, 0.1) is 0 Å². The van der Waals surface area contributed by atoms with E-state index < -0.39 is 0 Å². The summed E-state index contributed by atoms with van der Waals surface area (Å²) in [5, 5.41) is 3.23. The van der Waals surface area contributed by atoms with Gasteiger partial charge in [-0.2, -0.15) is 0 Å². The van der Waals surface area contributed by atoms with Gasteiger partial charge in [-0.05, 0) is 32.4 Å². The molecule has 1 N–H and O–H groups in total. The summed E-state index contributed by atoms with van der Waals surface area (Å²) in [5.41, 5.74) is 0. The molecule has 1 unspecified atom stereocenters. The van der Waals surface area contributed by atoms with Crippen LogP contribution in [0.2, 0.25) is 0 Å². The van der Waals surface area contributed by atoms with Gasteiger partial charge in [-0.25, -0.2) is 0 Å².